The van der Waals surface area contributed by atoms with Gasteiger partial charge in [0.05, 0.1) is 16.3 Å². The minimum absolute atomic E-state index is 0.553. The van der Waals surface area contributed by atoms with Crippen LogP contribution < -0.4 is 0 Å². The highest BCUT2D eigenvalue weighted by molar-refractivity contribution is 9.10. The van der Waals surface area contributed by atoms with Gasteiger partial charge in [0, 0.05) is 5.69 Å². The molecule has 0 bridgehead atoms. The number of H-pyrrole nitrogens is 1. The lowest BCUT2D eigenvalue weighted by Gasteiger charge is -2.01. The first-order valence-electron chi connectivity index (χ1n) is 3.97. The molecule has 0 aliphatic heterocycles. The van der Waals surface area contributed by atoms with Crippen molar-refractivity contribution < 1.29 is 4.42 Å². The molecule has 0 aromatic carbocycles. The summed E-state index contributed by atoms with van der Waals surface area (Å²) in [5, 5.41) is 0. The zero-order chi connectivity index (χ0) is 10.1. The van der Waals surface area contributed by atoms with Crippen molar-refractivity contribution in [3.05, 3.63) is 33.4 Å². The molecule has 0 saturated carbocycles. The third-order valence-electron chi connectivity index (χ3n) is 1.83. The Morgan fingerprint density at radius 2 is 2.36 bits per heavy atom. The Kier molecular flexibility index (Phi) is 2.52. The molecule has 0 aliphatic carbocycles. The molecule has 2 aromatic heterocycles. The number of aromatic nitrogens is 2. The zero-order valence-electron chi connectivity index (χ0n) is 7.37. The van der Waals surface area contributed by atoms with E-state index in [4.69, 9.17) is 16.6 Å². The summed E-state index contributed by atoms with van der Waals surface area (Å²) in [4.78, 5) is 7.36. The van der Waals surface area contributed by atoms with Crippen LogP contribution in [0.5, 0.6) is 0 Å². The Morgan fingerprint density at radius 3 is 2.93 bits per heavy atom. The summed E-state index contributed by atoms with van der Waals surface area (Å²) in [6.45, 7) is 1.94. The highest BCUT2D eigenvalue weighted by atomic mass is 79.9. The van der Waals surface area contributed by atoms with Gasteiger partial charge in [-0.05, 0) is 28.9 Å². The fraction of sp³-hybridized carbons (Fsp3) is 0.111. The molecule has 2 heterocycles. The van der Waals surface area contributed by atoms with E-state index in [1.807, 2.05) is 13.0 Å². The number of aryl methyl sites for hydroxylation is 1. The number of hydrogen-bond donors (Lipinski definition) is 1. The summed E-state index contributed by atoms with van der Waals surface area (Å²) < 4.78 is 6.36. The van der Waals surface area contributed by atoms with E-state index in [-0.39, 0.29) is 0 Å². The van der Waals surface area contributed by atoms with Crippen molar-refractivity contribution in [1.82, 2.24) is 9.97 Å². The summed E-state index contributed by atoms with van der Waals surface area (Å²) in [6.07, 6.45) is 3.23. The summed E-state index contributed by atoms with van der Waals surface area (Å²) in [5.41, 5.74) is 1.85. The van der Waals surface area contributed by atoms with E-state index in [0.717, 1.165) is 21.6 Å². The average Bonchev–Trinajstić information content (AvgIpc) is 2.66. The van der Waals surface area contributed by atoms with Gasteiger partial charge in [0.15, 0.2) is 0 Å². The number of halogens is 1. The van der Waals surface area contributed by atoms with Crippen LogP contribution in [0.25, 0.3) is 11.4 Å². The summed E-state index contributed by atoms with van der Waals surface area (Å²) >= 11 is 8.45. The quantitative estimate of drug-likeness (QED) is 0.807. The minimum Gasteiger partial charge on any atom is -0.472 e. The highest BCUT2D eigenvalue weighted by Crippen LogP contribution is 2.20. The fourth-order valence-corrected chi connectivity index (χ4v) is 1.54. The lowest BCUT2D eigenvalue weighted by molar-refractivity contribution is 0.568. The molecule has 1 N–H and O–H groups in total. The Balaban J connectivity index is 2.63. The van der Waals surface area contributed by atoms with Gasteiger partial charge >= 0.3 is 0 Å². The van der Waals surface area contributed by atoms with Gasteiger partial charge in [0.25, 0.3) is 0 Å². The molecule has 0 radical (unpaired) electrons. The number of aromatic amines is 1. The molecule has 0 atom stereocenters. The first-order valence-corrected chi connectivity index (χ1v) is 5.17. The number of rotatable bonds is 1. The summed E-state index contributed by atoms with van der Waals surface area (Å²) in [6, 6.07) is 1.83. The summed E-state index contributed by atoms with van der Waals surface area (Å²) in [7, 11) is 0. The van der Waals surface area contributed by atoms with Crippen molar-refractivity contribution in [1.29, 1.82) is 0 Å². The Labute approximate surface area is 94.3 Å². The van der Waals surface area contributed by atoms with Crippen LogP contribution in [0.4, 0.5) is 0 Å². The molecule has 14 heavy (non-hydrogen) atoms. The third kappa shape index (κ3) is 1.65. The normalized spacial score (nSPS) is 10.4. The first-order chi connectivity index (χ1) is 6.68. The molecule has 5 heteroatoms. The van der Waals surface area contributed by atoms with Gasteiger partial charge in [-0.15, -0.1) is 0 Å². The van der Waals surface area contributed by atoms with Crippen LogP contribution in [0, 0.1) is 11.6 Å². The number of furan rings is 1. The molecule has 72 valence electrons. The molecule has 3 nitrogen and oxygen atoms in total. The van der Waals surface area contributed by atoms with E-state index in [1.165, 1.54) is 0 Å². The van der Waals surface area contributed by atoms with E-state index in [2.05, 4.69) is 25.9 Å². The standard InChI is InChI=1S/C9H7BrN2OS/c1-5-7(10)9(14)12-8(11-5)6-2-3-13-4-6/h2-4H,1H3,(H,11,12,14). The molecule has 0 fully saturated rings. The molecule has 0 spiro atoms. The van der Waals surface area contributed by atoms with Gasteiger partial charge in [-0.25, -0.2) is 4.98 Å². The lowest BCUT2D eigenvalue weighted by Crippen LogP contribution is -1.92. The lowest BCUT2D eigenvalue weighted by atomic mass is 10.3. The Bertz CT molecular complexity index is 504. The second kappa shape index (κ2) is 3.67. The molecule has 0 aliphatic rings. The van der Waals surface area contributed by atoms with E-state index >= 15 is 0 Å². The largest absolute Gasteiger partial charge is 0.472 e. The van der Waals surface area contributed by atoms with Crippen molar-refractivity contribution in [2.75, 3.05) is 0 Å². The average molecular weight is 271 g/mol. The third-order valence-corrected chi connectivity index (χ3v) is 3.36. The molecular formula is C9H7BrN2OS. The zero-order valence-corrected chi connectivity index (χ0v) is 9.78. The minimum atomic E-state index is 0.553. The second-order valence-corrected chi connectivity index (χ2v) is 4.02. The maximum absolute atomic E-state index is 5.09. The predicted molar refractivity (Wildman–Crippen MR) is 59.6 cm³/mol. The van der Waals surface area contributed by atoms with Gasteiger partial charge in [-0.3, -0.25) is 0 Å². The fourth-order valence-electron chi connectivity index (χ4n) is 1.11. The molecule has 0 saturated heterocycles. The van der Waals surface area contributed by atoms with E-state index in [1.54, 1.807) is 12.5 Å². The number of nitrogens with zero attached hydrogens (tertiary/aromatic N) is 1. The van der Waals surface area contributed by atoms with Crippen molar-refractivity contribution in [3.8, 4) is 11.4 Å². The van der Waals surface area contributed by atoms with Gasteiger partial charge < -0.3 is 9.40 Å². The second-order valence-electron chi connectivity index (χ2n) is 2.84. The SMILES string of the molecule is Cc1[nH]c(-c2ccoc2)nc(=S)c1Br. The van der Waals surface area contributed by atoms with E-state index < -0.39 is 0 Å². The predicted octanol–water partition coefficient (Wildman–Crippen LogP) is 3.47. The van der Waals surface area contributed by atoms with Crippen LogP contribution in [0.1, 0.15) is 5.69 Å². The maximum Gasteiger partial charge on any atom is 0.144 e. The Hall–Kier alpha value is -0.940. The monoisotopic (exact) mass is 270 g/mol. The van der Waals surface area contributed by atoms with Gasteiger partial charge in [0.1, 0.15) is 16.7 Å². The van der Waals surface area contributed by atoms with E-state index in [0.29, 0.717) is 4.64 Å². The van der Waals surface area contributed by atoms with Crippen LogP contribution in [0.3, 0.4) is 0 Å². The molecular weight excluding hydrogens is 264 g/mol. The van der Waals surface area contributed by atoms with Crippen molar-refractivity contribution in [2.24, 2.45) is 0 Å². The molecule has 2 rings (SSSR count). The molecule has 2 aromatic rings. The van der Waals surface area contributed by atoms with Crippen molar-refractivity contribution in [2.45, 2.75) is 6.92 Å². The summed E-state index contributed by atoms with van der Waals surface area (Å²) in [5.74, 6) is 0.726. The Morgan fingerprint density at radius 1 is 1.57 bits per heavy atom. The highest BCUT2D eigenvalue weighted by Gasteiger charge is 2.05. The number of nitrogens with one attached hydrogen (secondary N) is 1. The van der Waals surface area contributed by atoms with E-state index in [9.17, 15) is 0 Å². The van der Waals surface area contributed by atoms with Crippen molar-refractivity contribution in [3.63, 3.8) is 0 Å². The number of hydrogen-bond acceptors (Lipinski definition) is 3. The molecule has 0 unspecified atom stereocenters. The van der Waals surface area contributed by atoms with Gasteiger partial charge in [0.2, 0.25) is 0 Å². The van der Waals surface area contributed by atoms with Gasteiger partial charge in [-0.2, -0.15) is 0 Å². The first kappa shape index (κ1) is 9.61. The molecule has 0 amide bonds. The van der Waals surface area contributed by atoms with Crippen LogP contribution in [-0.2, 0) is 0 Å². The maximum atomic E-state index is 5.09. The smallest absolute Gasteiger partial charge is 0.144 e. The topological polar surface area (TPSA) is 41.8 Å². The van der Waals surface area contributed by atoms with Crippen LogP contribution in [0.15, 0.2) is 27.5 Å². The van der Waals surface area contributed by atoms with Crippen LogP contribution in [-0.4, -0.2) is 9.97 Å². The van der Waals surface area contributed by atoms with Gasteiger partial charge in [-0.1, -0.05) is 12.2 Å². The van der Waals surface area contributed by atoms with Crippen LogP contribution >= 0.6 is 28.1 Å². The van der Waals surface area contributed by atoms with Crippen LogP contribution in [0.2, 0.25) is 0 Å². The van der Waals surface area contributed by atoms with Crippen molar-refractivity contribution >= 4 is 28.1 Å².